The standard InChI is InChI=1S/C20H22F4N6O3/c1-9-15-16(30(3)10(2)17(31)28-15)29-18(26-9)27-11-7-19(25,8-11)32-12-4-5-14(13(21)6-12)33-20(22,23)24/h4-6,10-11H,7-8,25H2,1-3H3,(H,28,31)(H,26,27,29)/t10-,11-,19-/m0/s1. The third kappa shape index (κ3) is 4.72. The number of hydrogen-bond donors (Lipinski definition) is 3. The number of nitrogens with two attached hydrogens (primary N) is 1. The maximum absolute atomic E-state index is 13.9. The summed E-state index contributed by atoms with van der Waals surface area (Å²) < 4.78 is 59.9. The number of likely N-dealkylation sites (N-methyl/N-ethyl adjacent to an activating group) is 1. The number of nitrogens with one attached hydrogen (secondary N) is 2. The van der Waals surface area contributed by atoms with Crippen molar-refractivity contribution in [3.05, 3.63) is 29.7 Å². The number of ether oxygens (including phenoxy) is 2. The lowest BCUT2D eigenvalue weighted by molar-refractivity contribution is -0.275. The minimum atomic E-state index is -5.00. The van der Waals surface area contributed by atoms with E-state index in [1.807, 2.05) is 0 Å². The predicted octanol–water partition coefficient (Wildman–Crippen LogP) is 2.91. The van der Waals surface area contributed by atoms with E-state index in [2.05, 4.69) is 25.3 Å². The lowest BCUT2D eigenvalue weighted by Gasteiger charge is -2.44. The highest BCUT2D eigenvalue weighted by molar-refractivity contribution is 6.03. The second-order valence-electron chi connectivity index (χ2n) is 8.16. The van der Waals surface area contributed by atoms with E-state index in [1.54, 1.807) is 25.8 Å². The van der Waals surface area contributed by atoms with Gasteiger partial charge in [0.25, 0.3) is 0 Å². The Hall–Kier alpha value is -3.35. The van der Waals surface area contributed by atoms with E-state index in [1.165, 1.54) is 0 Å². The predicted molar refractivity (Wildman–Crippen MR) is 111 cm³/mol. The van der Waals surface area contributed by atoms with E-state index in [0.717, 1.165) is 18.2 Å². The van der Waals surface area contributed by atoms with Crippen molar-refractivity contribution < 1.29 is 31.8 Å². The Morgan fingerprint density at radius 2 is 2.00 bits per heavy atom. The molecule has 0 radical (unpaired) electrons. The van der Waals surface area contributed by atoms with Crippen LogP contribution < -0.4 is 30.7 Å². The summed E-state index contributed by atoms with van der Waals surface area (Å²) in [6.07, 6.45) is -4.36. The van der Waals surface area contributed by atoms with E-state index in [-0.39, 0.29) is 23.7 Å². The van der Waals surface area contributed by atoms with Crippen LogP contribution in [0.25, 0.3) is 0 Å². The molecule has 1 saturated carbocycles. The Kier molecular flexibility index (Phi) is 5.47. The number of benzene rings is 1. The first-order chi connectivity index (χ1) is 15.3. The zero-order valence-corrected chi connectivity index (χ0v) is 18.0. The highest BCUT2D eigenvalue weighted by Crippen LogP contribution is 2.37. The molecule has 2 aromatic rings. The largest absolute Gasteiger partial charge is 0.573 e. The van der Waals surface area contributed by atoms with Crippen LogP contribution in [0.1, 0.15) is 25.5 Å². The Bertz CT molecular complexity index is 1090. The minimum Gasteiger partial charge on any atom is -0.473 e. The van der Waals surface area contributed by atoms with Gasteiger partial charge in [0.15, 0.2) is 23.1 Å². The molecule has 1 aromatic heterocycles. The van der Waals surface area contributed by atoms with Crippen LogP contribution in [-0.4, -0.2) is 47.1 Å². The number of amides is 1. The van der Waals surface area contributed by atoms with Crippen LogP contribution in [0.3, 0.4) is 0 Å². The summed E-state index contributed by atoms with van der Waals surface area (Å²) >= 11 is 0. The molecule has 0 unspecified atom stereocenters. The molecule has 13 heteroatoms. The summed E-state index contributed by atoms with van der Waals surface area (Å²) in [5.41, 5.74) is 6.18. The quantitative estimate of drug-likeness (QED) is 0.452. The molecule has 9 nitrogen and oxygen atoms in total. The zero-order valence-electron chi connectivity index (χ0n) is 18.0. The molecule has 0 spiro atoms. The van der Waals surface area contributed by atoms with Crippen LogP contribution in [0.15, 0.2) is 18.2 Å². The highest BCUT2D eigenvalue weighted by Gasteiger charge is 2.44. The maximum Gasteiger partial charge on any atom is 0.573 e. The Morgan fingerprint density at radius 1 is 1.30 bits per heavy atom. The third-order valence-corrected chi connectivity index (χ3v) is 5.58. The molecule has 1 aromatic carbocycles. The van der Waals surface area contributed by atoms with Gasteiger partial charge < -0.3 is 25.0 Å². The van der Waals surface area contributed by atoms with Gasteiger partial charge in [0.05, 0.1) is 5.69 Å². The normalized spacial score (nSPS) is 24.5. The van der Waals surface area contributed by atoms with Gasteiger partial charge in [-0.15, -0.1) is 13.2 Å². The molecular formula is C20H22F4N6O3. The van der Waals surface area contributed by atoms with Gasteiger partial charge in [0.1, 0.15) is 17.5 Å². The van der Waals surface area contributed by atoms with Gasteiger partial charge in [0.2, 0.25) is 11.9 Å². The van der Waals surface area contributed by atoms with E-state index in [9.17, 15) is 22.4 Å². The molecule has 4 rings (SSSR count). The molecule has 1 atom stereocenters. The van der Waals surface area contributed by atoms with Gasteiger partial charge in [-0.3, -0.25) is 10.5 Å². The van der Waals surface area contributed by atoms with Crippen molar-refractivity contribution in [3.8, 4) is 11.5 Å². The number of anilines is 3. The number of nitrogens with zero attached hydrogens (tertiary/aromatic N) is 3. The Morgan fingerprint density at radius 3 is 2.64 bits per heavy atom. The van der Waals surface area contributed by atoms with Crippen LogP contribution in [0.2, 0.25) is 0 Å². The molecule has 0 saturated heterocycles. The Balaban J connectivity index is 1.39. The average molecular weight is 470 g/mol. The molecule has 2 heterocycles. The van der Waals surface area contributed by atoms with Gasteiger partial charge in [-0.25, -0.2) is 9.37 Å². The first kappa shape index (κ1) is 22.8. The number of hydrogen-bond acceptors (Lipinski definition) is 8. The van der Waals surface area contributed by atoms with Crippen LogP contribution in [0.5, 0.6) is 11.5 Å². The fourth-order valence-electron chi connectivity index (χ4n) is 3.74. The van der Waals surface area contributed by atoms with Crippen molar-refractivity contribution in [1.82, 2.24) is 9.97 Å². The van der Waals surface area contributed by atoms with Gasteiger partial charge >= 0.3 is 6.36 Å². The summed E-state index contributed by atoms with van der Waals surface area (Å²) in [4.78, 5) is 22.7. The first-order valence-electron chi connectivity index (χ1n) is 10.1. The summed E-state index contributed by atoms with van der Waals surface area (Å²) in [6, 6.07) is 2.24. The van der Waals surface area contributed by atoms with Gasteiger partial charge in [-0.05, 0) is 26.0 Å². The van der Waals surface area contributed by atoms with E-state index < -0.39 is 23.7 Å². The maximum atomic E-state index is 13.9. The molecular weight excluding hydrogens is 448 g/mol. The van der Waals surface area contributed by atoms with Crippen LogP contribution in [-0.2, 0) is 4.79 Å². The molecule has 1 fully saturated rings. The molecule has 178 valence electrons. The SMILES string of the molecule is Cc1nc(N[C@H]2C[C@](N)(Oc3ccc(OC(F)(F)F)c(F)c3)C2)nc2c1NC(=O)[C@H](C)N2C. The average Bonchev–Trinajstić information content (AvgIpc) is 2.67. The number of halogens is 4. The molecule has 1 amide bonds. The Labute approximate surface area is 186 Å². The third-order valence-electron chi connectivity index (χ3n) is 5.58. The van der Waals surface area contributed by atoms with Crippen molar-refractivity contribution in [2.45, 2.75) is 50.9 Å². The number of carbonyl (C=O) groups excluding carboxylic acids is 1. The summed E-state index contributed by atoms with van der Waals surface area (Å²) in [5.74, 6) is -1.39. The lowest BCUT2D eigenvalue weighted by Crippen LogP contribution is -2.61. The number of carbonyl (C=O) groups is 1. The van der Waals surface area contributed by atoms with Crippen LogP contribution >= 0.6 is 0 Å². The number of fused-ring (bicyclic) bond motifs is 1. The molecule has 0 bridgehead atoms. The second-order valence-corrected chi connectivity index (χ2v) is 8.16. The topological polar surface area (TPSA) is 115 Å². The van der Waals surface area contributed by atoms with Crippen molar-refractivity contribution in [1.29, 1.82) is 0 Å². The van der Waals surface area contributed by atoms with Crippen LogP contribution in [0, 0.1) is 12.7 Å². The minimum absolute atomic E-state index is 0.0183. The zero-order chi connectivity index (χ0) is 24.1. The van der Waals surface area contributed by atoms with Crippen molar-refractivity contribution in [2.24, 2.45) is 5.73 Å². The summed E-state index contributed by atoms with van der Waals surface area (Å²) in [6.45, 7) is 3.52. The fraction of sp³-hybridized carbons (Fsp3) is 0.450. The molecule has 1 aliphatic heterocycles. The monoisotopic (exact) mass is 470 g/mol. The van der Waals surface area contributed by atoms with Crippen molar-refractivity contribution in [3.63, 3.8) is 0 Å². The molecule has 4 N–H and O–H groups in total. The molecule has 2 aliphatic rings. The van der Waals surface area contributed by atoms with E-state index in [0.29, 0.717) is 36.0 Å². The van der Waals surface area contributed by atoms with Gasteiger partial charge in [0, 0.05) is 32.0 Å². The highest BCUT2D eigenvalue weighted by atomic mass is 19.4. The number of rotatable bonds is 5. The van der Waals surface area contributed by atoms with Gasteiger partial charge in [-0.2, -0.15) is 4.98 Å². The van der Waals surface area contributed by atoms with E-state index >= 15 is 0 Å². The smallest absolute Gasteiger partial charge is 0.473 e. The lowest BCUT2D eigenvalue weighted by atomic mass is 9.83. The molecule has 33 heavy (non-hydrogen) atoms. The number of alkyl halides is 3. The number of aromatic nitrogens is 2. The summed E-state index contributed by atoms with van der Waals surface area (Å²) in [7, 11) is 1.77. The fourth-order valence-corrected chi connectivity index (χ4v) is 3.74. The second kappa shape index (κ2) is 7.90. The van der Waals surface area contributed by atoms with Crippen LogP contribution in [0.4, 0.5) is 35.0 Å². The van der Waals surface area contributed by atoms with Crippen molar-refractivity contribution in [2.75, 3.05) is 22.6 Å². The van der Waals surface area contributed by atoms with Gasteiger partial charge in [-0.1, -0.05) is 0 Å². The molecule has 1 aliphatic carbocycles. The number of aryl methyl sites for hydroxylation is 1. The van der Waals surface area contributed by atoms with E-state index in [4.69, 9.17) is 10.5 Å². The van der Waals surface area contributed by atoms with Crippen molar-refractivity contribution >= 4 is 23.4 Å². The first-order valence-corrected chi connectivity index (χ1v) is 10.1. The summed E-state index contributed by atoms with van der Waals surface area (Å²) in [5, 5.41) is 5.97.